The lowest BCUT2D eigenvalue weighted by Crippen LogP contribution is -2.45. The Hall–Kier alpha value is -3.80. The van der Waals surface area contributed by atoms with Crippen LogP contribution in [0, 0.1) is 5.92 Å². The third-order valence-corrected chi connectivity index (χ3v) is 6.69. The number of aromatic hydroxyl groups is 1. The van der Waals surface area contributed by atoms with E-state index in [1.807, 2.05) is 73.7 Å². The first-order valence-corrected chi connectivity index (χ1v) is 12.5. The maximum Gasteiger partial charge on any atom is 0.247 e. The van der Waals surface area contributed by atoms with Crippen molar-refractivity contribution in [2.45, 2.75) is 44.7 Å². The summed E-state index contributed by atoms with van der Waals surface area (Å²) in [4.78, 5) is 29.2. The smallest absolute Gasteiger partial charge is 0.247 e. The lowest BCUT2D eigenvalue weighted by Gasteiger charge is -2.32. The molecule has 0 aromatic heterocycles. The number of rotatable bonds is 11. The van der Waals surface area contributed by atoms with E-state index in [9.17, 15) is 14.7 Å². The Morgan fingerprint density at radius 1 is 0.972 bits per heavy atom. The Morgan fingerprint density at radius 3 is 2.25 bits per heavy atom. The van der Waals surface area contributed by atoms with Gasteiger partial charge in [0.15, 0.2) is 0 Å². The van der Waals surface area contributed by atoms with Crippen molar-refractivity contribution in [3.63, 3.8) is 0 Å². The molecule has 1 saturated carbocycles. The second-order valence-electron chi connectivity index (χ2n) is 9.47. The van der Waals surface area contributed by atoms with Gasteiger partial charge in [0, 0.05) is 13.0 Å². The molecule has 0 aliphatic heterocycles. The van der Waals surface area contributed by atoms with Crippen LogP contribution >= 0.6 is 0 Å². The van der Waals surface area contributed by atoms with Gasteiger partial charge in [-0.3, -0.25) is 9.59 Å². The number of ether oxygens (including phenoxy) is 1. The summed E-state index contributed by atoms with van der Waals surface area (Å²) in [5.41, 5.74) is 2.73. The number of methoxy groups -OCH3 is 1. The highest BCUT2D eigenvalue weighted by Crippen LogP contribution is 2.34. The largest absolute Gasteiger partial charge is 0.508 e. The molecule has 2 N–H and O–H groups in total. The number of hydrogen-bond donors (Lipinski definition) is 2. The van der Waals surface area contributed by atoms with E-state index in [2.05, 4.69) is 5.32 Å². The number of phenolic OH excluding ortho intramolecular Hbond substituents is 1. The number of carbonyl (C=O) groups excluding carboxylic acids is 2. The Morgan fingerprint density at radius 2 is 1.64 bits per heavy atom. The molecule has 2 unspecified atom stereocenters. The number of carbonyl (C=O) groups is 2. The number of hydrogen-bond acceptors (Lipinski definition) is 4. The van der Waals surface area contributed by atoms with E-state index in [0.717, 1.165) is 29.5 Å². The van der Waals surface area contributed by atoms with Gasteiger partial charge in [-0.05, 0) is 73.1 Å². The predicted molar refractivity (Wildman–Crippen MR) is 140 cm³/mol. The van der Waals surface area contributed by atoms with Crippen molar-refractivity contribution in [1.82, 2.24) is 10.2 Å². The Labute approximate surface area is 212 Å². The molecule has 0 radical (unpaired) electrons. The van der Waals surface area contributed by atoms with Crippen molar-refractivity contribution in [3.05, 3.63) is 95.6 Å². The fourth-order valence-corrected chi connectivity index (χ4v) is 4.36. The second kappa shape index (κ2) is 11.8. The summed E-state index contributed by atoms with van der Waals surface area (Å²) in [6.07, 6.45) is 2.96. The number of phenols is 1. The Balaban J connectivity index is 1.59. The van der Waals surface area contributed by atoms with Crippen LogP contribution in [0.2, 0.25) is 0 Å². The summed E-state index contributed by atoms with van der Waals surface area (Å²) < 4.78 is 5.31. The summed E-state index contributed by atoms with van der Waals surface area (Å²) in [7, 11) is 1.60. The van der Waals surface area contributed by atoms with Crippen molar-refractivity contribution in [3.8, 4) is 11.5 Å². The van der Waals surface area contributed by atoms with Crippen LogP contribution in [0.15, 0.2) is 78.9 Å². The maximum atomic E-state index is 13.8. The molecular formula is C30H34N2O4. The lowest BCUT2D eigenvalue weighted by molar-refractivity contribution is -0.141. The van der Waals surface area contributed by atoms with E-state index in [4.69, 9.17) is 4.74 Å². The molecule has 6 heteroatoms. The fraction of sp³-hybridized carbons (Fsp3) is 0.333. The predicted octanol–water partition coefficient (Wildman–Crippen LogP) is 5.19. The quantitative estimate of drug-likeness (QED) is 0.391. The minimum atomic E-state index is -0.741. The van der Waals surface area contributed by atoms with Crippen LogP contribution in [-0.4, -0.2) is 35.5 Å². The van der Waals surface area contributed by atoms with E-state index >= 15 is 0 Å². The van der Waals surface area contributed by atoms with E-state index < -0.39 is 6.04 Å². The summed E-state index contributed by atoms with van der Waals surface area (Å²) in [6.45, 7) is 2.51. The average molecular weight is 487 g/mol. The van der Waals surface area contributed by atoms with Gasteiger partial charge in [0.2, 0.25) is 11.8 Å². The molecule has 2 amide bonds. The molecule has 1 aliphatic carbocycles. The molecule has 0 spiro atoms. The maximum absolute atomic E-state index is 13.8. The van der Waals surface area contributed by atoms with Gasteiger partial charge >= 0.3 is 0 Å². The Bertz CT molecular complexity index is 1140. The SMILES string of the molecule is COc1ccc(C(C(=O)NC(C)c2ccccc2)N(CC2CC2)C(=O)CCc2ccc(O)cc2)cc1. The summed E-state index contributed by atoms with van der Waals surface area (Å²) in [5.74, 6) is 1.06. The van der Waals surface area contributed by atoms with Crippen LogP contribution in [0.3, 0.4) is 0 Å². The highest BCUT2D eigenvalue weighted by atomic mass is 16.5. The standard InChI is InChI=1S/C30H34N2O4/c1-21(24-6-4-3-5-7-24)31-30(35)29(25-13-17-27(36-2)18-14-25)32(20-23-8-9-23)28(34)19-12-22-10-15-26(33)16-11-22/h3-7,10-11,13-18,21,23,29,33H,8-9,12,19-20H2,1-2H3,(H,31,35). The van der Waals surface area contributed by atoms with Gasteiger partial charge in [-0.2, -0.15) is 0 Å². The molecule has 2 atom stereocenters. The number of nitrogens with one attached hydrogen (secondary N) is 1. The second-order valence-corrected chi connectivity index (χ2v) is 9.47. The zero-order valence-corrected chi connectivity index (χ0v) is 20.9. The van der Waals surface area contributed by atoms with Gasteiger partial charge in [0.1, 0.15) is 17.5 Å². The minimum absolute atomic E-state index is 0.0571. The van der Waals surface area contributed by atoms with Crippen molar-refractivity contribution >= 4 is 11.8 Å². The molecule has 1 aliphatic rings. The molecule has 3 aromatic rings. The summed E-state index contributed by atoms with van der Waals surface area (Å²) in [5, 5.41) is 12.7. The monoisotopic (exact) mass is 486 g/mol. The molecule has 4 rings (SSSR count). The topological polar surface area (TPSA) is 78.9 Å². The van der Waals surface area contributed by atoms with Gasteiger partial charge in [0.05, 0.1) is 13.2 Å². The van der Waals surface area contributed by atoms with E-state index in [1.165, 1.54) is 0 Å². The van der Waals surface area contributed by atoms with Crippen molar-refractivity contribution in [1.29, 1.82) is 0 Å². The molecular weight excluding hydrogens is 452 g/mol. The fourth-order valence-electron chi connectivity index (χ4n) is 4.36. The van der Waals surface area contributed by atoms with E-state index in [1.54, 1.807) is 24.1 Å². The van der Waals surface area contributed by atoms with Crippen LogP contribution in [0.4, 0.5) is 0 Å². The van der Waals surface area contributed by atoms with Gasteiger partial charge < -0.3 is 20.1 Å². The van der Waals surface area contributed by atoms with Gasteiger partial charge in [-0.15, -0.1) is 0 Å². The van der Waals surface area contributed by atoms with Crippen LogP contribution in [0.25, 0.3) is 0 Å². The first-order valence-electron chi connectivity index (χ1n) is 12.5. The first-order chi connectivity index (χ1) is 17.4. The zero-order valence-electron chi connectivity index (χ0n) is 20.9. The molecule has 0 heterocycles. The third-order valence-electron chi connectivity index (χ3n) is 6.69. The molecule has 6 nitrogen and oxygen atoms in total. The van der Waals surface area contributed by atoms with Crippen molar-refractivity contribution < 1.29 is 19.4 Å². The molecule has 0 bridgehead atoms. The Kier molecular flexibility index (Phi) is 8.26. The normalized spacial score (nSPS) is 14.5. The van der Waals surface area contributed by atoms with Crippen LogP contribution in [-0.2, 0) is 16.0 Å². The highest BCUT2D eigenvalue weighted by Gasteiger charge is 2.36. The van der Waals surface area contributed by atoms with Crippen molar-refractivity contribution in [2.24, 2.45) is 5.92 Å². The lowest BCUT2D eigenvalue weighted by atomic mass is 10.0. The van der Waals surface area contributed by atoms with E-state index in [-0.39, 0.29) is 30.0 Å². The first kappa shape index (κ1) is 25.3. The number of amides is 2. The average Bonchev–Trinajstić information content (AvgIpc) is 3.73. The van der Waals surface area contributed by atoms with Crippen LogP contribution < -0.4 is 10.1 Å². The zero-order chi connectivity index (χ0) is 25.5. The molecule has 0 saturated heterocycles. The number of benzene rings is 3. The van der Waals surface area contributed by atoms with Gasteiger partial charge in [-0.1, -0.05) is 54.6 Å². The summed E-state index contributed by atoms with van der Waals surface area (Å²) in [6, 6.07) is 23.2. The minimum Gasteiger partial charge on any atom is -0.508 e. The van der Waals surface area contributed by atoms with Crippen LogP contribution in [0.5, 0.6) is 11.5 Å². The molecule has 1 fully saturated rings. The molecule has 36 heavy (non-hydrogen) atoms. The summed E-state index contributed by atoms with van der Waals surface area (Å²) >= 11 is 0. The van der Waals surface area contributed by atoms with Crippen molar-refractivity contribution in [2.75, 3.05) is 13.7 Å². The van der Waals surface area contributed by atoms with Crippen LogP contribution in [0.1, 0.15) is 55.0 Å². The number of nitrogens with zero attached hydrogens (tertiary/aromatic N) is 1. The highest BCUT2D eigenvalue weighted by molar-refractivity contribution is 5.89. The van der Waals surface area contributed by atoms with E-state index in [0.29, 0.717) is 24.6 Å². The molecule has 3 aromatic carbocycles. The van der Waals surface area contributed by atoms with Gasteiger partial charge in [-0.25, -0.2) is 0 Å². The van der Waals surface area contributed by atoms with Gasteiger partial charge in [0.25, 0.3) is 0 Å². The molecule has 188 valence electrons. The third kappa shape index (κ3) is 6.66. The number of aryl methyl sites for hydroxylation is 1.